The van der Waals surface area contributed by atoms with Crippen LogP contribution in [0.3, 0.4) is 0 Å². The second kappa shape index (κ2) is 8.20. The van der Waals surface area contributed by atoms with Crippen LogP contribution in [0.4, 0.5) is 0 Å². The van der Waals surface area contributed by atoms with Crippen molar-refractivity contribution in [2.45, 2.75) is 84.2 Å². The van der Waals surface area contributed by atoms with Crippen LogP contribution in [0.2, 0.25) is 0 Å². The first-order valence-electron chi connectivity index (χ1n) is 13.2. The average Bonchev–Trinajstić information content (AvgIpc) is 3.27. The number of hydrazone groups is 1. The number of amidine groups is 1. The van der Waals surface area contributed by atoms with Gasteiger partial charge >= 0.3 is 0 Å². The molecule has 7 nitrogen and oxygen atoms in total. The number of Topliss-reactive ketones (excluding diaryl/α,β-unsaturated/α-hetero) is 1. The van der Waals surface area contributed by atoms with Gasteiger partial charge in [-0.3, -0.25) is 9.80 Å². The zero-order chi connectivity index (χ0) is 23.6. The lowest BCUT2D eigenvalue weighted by Crippen LogP contribution is -2.58. The number of hydrazine groups is 2. The molecule has 7 heteroatoms. The number of methoxy groups -OCH3 is 1. The molecule has 5 rings (SSSR count). The van der Waals surface area contributed by atoms with Gasteiger partial charge in [-0.05, 0) is 106 Å². The molecule has 0 bridgehead atoms. The van der Waals surface area contributed by atoms with Gasteiger partial charge in [0.05, 0.1) is 18.8 Å². The quantitative estimate of drug-likeness (QED) is 0.653. The average molecular weight is 461 g/mol. The van der Waals surface area contributed by atoms with E-state index in [0.29, 0.717) is 36.0 Å². The van der Waals surface area contributed by atoms with Gasteiger partial charge in [0.2, 0.25) is 0 Å². The minimum absolute atomic E-state index is 0.107. The second-order valence-electron chi connectivity index (χ2n) is 12.5. The van der Waals surface area contributed by atoms with Gasteiger partial charge < -0.3 is 9.84 Å². The molecule has 186 valence electrons. The molecule has 4 fully saturated rings. The highest BCUT2D eigenvalue weighted by molar-refractivity contribution is 5.89. The van der Waals surface area contributed by atoms with Crippen molar-refractivity contribution < 1.29 is 14.6 Å². The molecule has 2 N–H and O–H groups in total. The van der Waals surface area contributed by atoms with E-state index in [2.05, 4.69) is 17.6 Å². The summed E-state index contributed by atoms with van der Waals surface area (Å²) in [4.78, 5) is 13.6. The molecule has 0 amide bonds. The number of rotatable bonds is 5. The van der Waals surface area contributed by atoms with Gasteiger partial charge in [0, 0.05) is 20.1 Å². The molecule has 0 aromatic heterocycles. The smallest absolute Gasteiger partial charge is 0.157 e. The van der Waals surface area contributed by atoms with Crippen LogP contribution < -0.4 is 5.53 Å². The van der Waals surface area contributed by atoms with Crippen molar-refractivity contribution in [1.29, 1.82) is 0 Å². The van der Waals surface area contributed by atoms with Gasteiger partial charge in [-0.2, -0.15) is 0 Å². The molecule has 5 aliphatic rings. The third kappa shape index (κ3) is 3.64. The number of hydrogen-bond acceptors (Lipinski definition) is 7. The summed E-state index contributed by atoms with van der Waals surface area (Å²) in [7, 11) is 3.77. The van der Waals surface area contributed by atoms with Crippen LogP contribution in [-0.2, 0) is 9.53 Å². The van der Waals surface area contributed by atoms with E-state index < -0.39 is 5.60 Å². The molecule has 0 aromatic rings. The number of nitrogens with zero attached hydrogens (tertiary/aromatic N) is 3. The van der Waals surface area contributed by atoms with Gasteiger partial charge in [0.25, 0.3) is 0 Å². The first kappa shape index (κ1) is 23.6. The predicted octanol–water partition coefficient (Wildman–Crippen LogP) is 3.59. The maximum absolute atomic E-state index is 13.6. The van der Waals surface area contributed by atoms with E-state index in [1.54, 1.807) is 0 Å². The molecule has 0 aromatic carbocycles. The molecule has 1 heterocycles. The first-order chi connectivity index (χ1) is 15.6. The number of aliphatic hydroxyl groups is 1. The molecular weight excluding hydrogens is 416 g/mol. The summed E-state index contributed by atoms with van der Waals surface area (Å²) in [5.41, 5.74) is 2.72. The van der Waals surface area contributed by atoms with Crippen molar-refractivity contribution in [1.82, 2.24) is 15.7 Å². The monoisotopic (exact) mass is 460 g/mol. The number of nitrogens with one attached hydrogen (secondary N) is 1. The Balaban J connectivity index is 1.36. The standard InChI is InChI=1S/C26H44N4O3/c1-17-27-28-29(4)30(17)15-23(31)22-9-8-20-19-7-6-18-14-24(2,32)12-13-26(18,16-33-5)21(19)10-11-25(20,22)3/h18-22,28,32H,6-16H2,1-5H3/t18-,19-,20-,21-,22+,24+,25-,26+/m0/s1. The Labute approximate surface area is 199 Å². The molecule has 4 aliphatic carbocycles. The van der Waals surface area contributed by atoms with E-state index in [1.165, 1.54) is 25.7 Å². The summed E-state index contributed by atoms with van der Waals surface area (Å²) in [6, 6.07) is 0. The Bertz CT molecular complexity index is 815. The number of hydrogen-bond donors (Lipinski definition) is 2. The Kier molecular flexibility index (Phi) is 5.85. The lowest BCUT2D eigenvalue weighted by atomic mass is 9.43. The minimum atomic E-state index is -0.526. The summed E-state index contributed by atoms with van der Waals surface area (Å²) in [5.74, 6) is 3.92. The van der Waals surface area contributed by atoms with Crippen molar-refractivity contribution in [2.75, 3.05) is 27.3 Å². The zero-order valence-corrected chi connectivity index (χ0v) is 21.3. The van der Waals surface area contributed by atoms with E-state index in [0.717, 1.165) is 44.5 Å². The highest BCUT2D eigenvalue weighted by atomic mass is 16.5. The van der Waals surface area contributed by atoms with Crippen LogP contribution in [0.15, 0.2) is 5.10 Å². The van der Waals surface area contributed by atoms with Gasteiger partial charge in [0.1, 0.15) is 5.84 Å². The van der Waals surface area contributed by atoms with Crippen LogP contribution >= 0.6 is 0 Å². The van der Waals surface area contributed by atoms with E-state index >= 15 is 0 Å². The van der Waals surface area contributed by atoms with Gasteiger partial charge in [-0.1, -0.05) is 6.92 Å². The van der Waals surface area contributed by atoms with E-state index in [-0.39, 0.29) is 16.7 Å². The SMILES string of the molecule is COC[C@]12CC[C@@](C)(O)C[C@@H]1CC[C@H]1[C@@H]3CC[C@H](C(=O)CN4C(C)=NNN4C)[C@@]3(C)CC[C@@H]12. The topological polar surface area (TPSA) is 77.4 Å². The van der Waals surface area contributed by atoms with Crippen LogP contribution in [0.5, 0.6) is 0 Å². The summed E-state index contributed by atoms with van der Waals surface area (Å²) in [6.07, 6.45) is 9.89. The van der Waals surface area contributed by atoms with Gasteiger partial charge in [-0.15, -0.1) is 10.2 Å². The zero-order valence-electron chi connectivity index (χ0n) is 21.3. The van der Waals surface area contributed by atoms with Crippen LogP contribution in [-0.4, -0.2) is 59.8 Å². The number of carbonyl (C=O) groups excluding carboxylic acids is 1. The number of ether oxygens (including phenoxy) is 1. The lowest BCUT2D eigenvalue weighted by molar-refractivity contribution is -0.175. The largest absolute Gasteiger partial charge is 0.390 e. The molecule has 0 unspecified atom stereocenters. The summed E-state index contributed by atoms with van der Waals surface area (Å²) >= 11 is 0. The van der Waals surface area contributed by atoms with Crippen molar-refractivity contribution in [3.63, 3.8) is 0 Å². The third-order valence-electron chi connectivity index (χ3n) is 10.9. The highest BCUT2D eigenvalue weighted by Crippen LogP contribution is 2.68. The van der Waals surface area contributed by atoms with E-state index in [4.69, 9.17) is 4.74 Å². The Morgan fingerprint density at radius 3 is 2.64 bits per heavy atom. The highest BCUT2D eigenvalue weighted by Gasteiger charge is 2.63. The van der Waals surface area contributed by atoms with Gasteiger partial charge in [-0.25, -0.2) is 5.53 Å². The molecule has 0 saturated heterocycles. The number of carbonyl (C=O) groups is 1. The van der Waals surface area contributed by atoms with Crippen molar-refractivity contribution in [3.8, 4) is 0 Å². The van der Waals surface area contributed by atoms with Crippen LogP contribution in [0.1, 0.15) is 78.6 Å². The maximum Gasteiger partial charge on any atom is 0.157 e. The fourth-order valence-corrected chi connectivity index (χ4v) is 9.26. The Morgan fingerprint density at radius 1 is 1.15 bits per heavy atom. The van der Waals surface area contributed by atoms with Crippen molar-refractivity contribution >= 4 is 11.6 Å². The van der Waals surface area contributed by atoms with Gasteiger partial charge in [0.15, 0.2) is 5.78 Å². The van der Waals surface area contributed by atoms with Crippen LogP contribution in [0, 0.1) is 40.4 Å². The summed E-state index contributed by atoms with van der Waals surface area (Å²) in [6.45, 7) is 7.64. The number of ketones is 1. The Morgan fingerprint density at radius 2 is 1.94 bits per heavy atom. The Hall–Kier alpha value is -1.18. The minimum Gasteiger partial charge on any atom is -0.390 e. The van der Waals surface area contributed by atoms with Crippen molar-refractivity contribution in [3.05, 3.63) is 0 Å². The molecule has 0 radical (unpaired) electrons. The molecule has 1 aliphatic heterocycles. The molecule has 8 atom stereocenters. The third-order valence-corrected chi connectivity index (χ3v) is 10.9. The van der Waals surface area contributed by atoms with Crippen LogP contribution in [0.25, 0.3) is 0 Å². The molecule has 0 spiro atoms. The lowest BCUT2D eigenvalue weighted by Gasteiger charge is -2.62. The summed E-state index contributed by atoms with van der Waals surface area (Å²) in [5, 5.41) is 18.8. The first-order valence-corrected chi connectivity index (χ1v) is 13.2. The molecular formula is C26H44N4O3. The summed E-state index contributed by atoms with van der Waals surface area (Å²) < 4.78 is 5.89. The van der Waals surface area contributed by atoms with E-state index in [1.807, 2.05) is 38.1 Å². The van der Waals surface area contributed by atoms with E-state index in [9.17, 15) is 9.90 Å². The van der Waals surface area contributed by atoms with Crippen molar-refractivity contribution in [2.24, 2.45) is 45.5 Å². The normalized spacial score (nSPS) is 47.4. The fourth-order valence-electron chi connectivity index (χ4n) is 9.26. The predicted molar refractivity (Wildman–Crippen MR) is 128 cm³/mol. The fraction of sp³-hybridized carbons (Fsp3) is 0.923. The maximum atomic E-state index is 13.6. The second-order valence-corrected chi connectivity index (χ2v) is 12.5. The number of fused-ring (bicyclic) bond motifs is 5. The molecule has 33 heavy (non-hydrogen) atoms. The molecule has 4 saturated carbocycles.